The summed E-state index contributed by atoms with van der Waals surface area (Å²) in [6, 6.07) is 16.6. The van der Waals surface area contributed by atoms with Crippen LogP contribution in [-0.4, -0.2) is 16.6 Å². The molecule has 0 saturated heterocycles. The number of benzene rings is 2. The van der Waals surface area contributed by atoms with Gasteiger partial charge in [0.1, 0.15) is 0 Å². The highest BCUT2D eigenvalue weighted by Crippen LogP contribution is 2.35. The Morgan fingerprint density at radius 3 is 2.92 bits per heavy atom. The SMILES string of the molecule is O=C(CCc1nc2ccccc2s1)NC1CCSc2ccccc21. The molecule has 1 unspecified atom stereocenters. The van der Waals surface area contributed by atoms with Gasteiger partial charge in [-0.3, -0.25) is 4.79 Å². The third kappa shape index (κ3) is 3.32. The lowest BCUT2D eigenvalue weighted by atomic mass is 10.0. The number of aromatic nitrogens is 1. The highest BCUT2D eigenvalue weighted by atomic mass is 32.2. The Morgan fingerprint density at radius 1 is 1.17 bits per heavy atom. The van der Waals surface area contributed by atoms with E-state index in [1.165, 1.54) is 15.2 Å². The van der Waals surface area contributed by atoms with Gasteiger partial charge in [-0.15, -0.1) is 23.1 Å². The summed E-state index contributed by atoms with van der Waals surface area (Å²) in [6.45, 7) is 0. The fourth-order valence-electron chi connectivity index (χ4n) is 3.01. The van der Waals surface area contributed by atoms with Crippen molar-refractivity contribution in [3.63, 3.8) is 0 Å². The number of aryl methyl sites for hydroxylation is 1. The Kier molecular flexibility index (Phi) is 4.54. The van der Waals surface area contributed by atoms with E-state index in [0.717, 1.165) is 22.7 Å². The average Bonchev–Trinajstić information content (AvgIpc) is 3.03. The molecule has 3 nitrogen and oxygen atoms in total. The molecule has 1 aliphatic rings. The van der Waals surface area contributed by atoms with Crippen LogP contribution in [-0.2, 0) is 11.2 Å². The lowest BCUT2D eigenvalue weighted by Crippen LogP contribution is -2.30. The van der Waals surface area contributed by atoms with E-state index < -0.39 is 0 Å². The molecule has 0 fully saturated rings. The highest BCUT2D eigenvalue weighted by Gasteiger charge is 2.21. The first-order chi connectivity index (χ1) is 11.8. The van der Waals surface area contributed by atoms with Gasteiger partial charge in [0.2, 0.25) is 5.91 Å². The second kappa shape index (κ2) is 6.95. The molecule has 1 N–H and O–H groups in total. The van der Waals surface area contributed by atoms with Crippen molar-refractivity contribution in [2.75, 3.05) is 5.75 Å². The number of nitrogens with zero attached hydrogens (tertiary/aromatic N) is 1. The van der Waals surface area contributed by atoms with Crippen molar-refractivity contribution in [1.82, 2.24) is 10.3 Å². The molecule has 1 atom stereocenters. The summed E-state index contributed by atoms with van der Waals surface area (Å²) < 4.78 is 1.19. The molecule has 2 aromatic carbocycles. The van der Waals surface area contributed by atoms with Crippen molar-refractivity contribution >= 4 is 39.2 Å². The molecule has 24 heavy (non-hydrogen) atoms. The molecule has 122 valence electrons. The van der Waals surface area contributed by atoms with Crippen LogP contribution in [0.5, 0.6) is 0 Å². The number of hydrogen-bond acceptors (Lipinski definition) is 4. The van der Waals surface area contributed by atoms with Crippen molar-refractivity contribution < 1.29 is 4.79 Å². The van der Waals surface area contributed by atoms with Gasteiger partial charge in [-0.25, -0.2) is 4.98 Å². The first-order valence-corrected chi connectivity index (χ1v) is 9.95. The van der Waals surface area contributed by atoms with Crippen LogP contribution in [0.25, 0.3) is 10.2 Å². The molecule has 2 heterocycles. The number of thioether (sulfide) groups is 1. The van der Waals surface area contributed by atoms with Crippen LogP contribution >= 0.6 is 23.1 Å². The summed E-state index contributed by atoms with van der Waals surface area (Å²) >= 11 is 3.55. The monoisotopic (exact) mass is 354 g/mol. The molecule has 1 aromatic heterocycles. The molecule has 0 saturated carbocycles. The van der Waals surface area contributed by atoms with E-state index in [1.807, 2.05) is 36.0 Å². The fraction of sp³-hybridized carbons (Fsp3) is 0.263. The van der Waals surface area contributed by atoms with Gasteiger partial charge in [0.25, 0.3) is 0 Å². The summed E-state index contributed by atoms with van der Waals surface area (Å²) in [5.41, 5.74) is 2.28. The number of nitrogens with one attached hydrogen (secondary N) is 1. The summed E-state index contributed by atoms with van der Waals surface area (Å²) in [7, 11) is 0. The topological polar surface area (TPSA) is 42.0 Å². The summed E-state index contributed by atoms with van der Waals surface area (Å²) in [5, 5.41) is 4.24. The second-order valence-corrected chi connectivity index (χ2v) is 8.12. The van der Waals surface area contributed by atoms with E-state index >= 15 is 0 Å². The van der Waals surface area contributed by atoms with Crippen LogP contribution < -0.4 is 5.32 Å². The maximum Gasteiger partial charge on any atom is 0.220 e. The van der Waals surface area contributed by atoms with Crippen LogP contribution in [0.15, 0.2) is 53.4 Å². The Bertz CT molecular complexity index is 841. The standard InChI is InChI=1S/C19H18N2OS2/c22-18(9-10-19-21-15-6-2-4-8-17(15)24-19)20-14-11-12-23-16-7-3-1-5-13(14)16/h1-8,14H,9-12H2,(H,20,22). The summed E-state index contributed by atoms with van der Waals surface area (Å²) in [4.78, 5) is 18.3. The van der Waals surface area contributed by atoms with Crippen molar-refractivity contribution in [2.45, 2.75) is 30.2 Å². The van der Waals surface area contributed by atoms with E-state index in [0.29, 0.717) is 12.8 Å². The molecule has 4 rings (SSSR count). The van der Waals surface area contributed by atoms with Crippen molar-refractivity contribution in [3.8, 4) is 0 Å². The minimum Gasteiger partial charge on any atom is -0.349 e. The second-order valence-electron chi connectivity index (χ2n) is 5.87. The van der Waals surface area contributed by atoms with Gasteiger partial charge in [0.15, 0.2) is 0 Å². The van der Waals surface area contributed by atoms with Gasteiger partial charge in [0, 0.05) is 23.5 Å². The van der Waals surface area contributed by atoms with E-state index in [9.17, 15) is 4.79 Å². The maximum absolute atomic E-state index is 12.4. The zero-order valence-electron chi connectivity index (χ0n) is 13.2. The normalized spacial score (nSPS) is 16.8. The van der Waals surface area contributed by atoms with Crippen LogP contribution in [0.4, 0.5) is 0 Å². The minimum atomic E-state index is 0.112. The number of fused-ring (bicyclic) bond motifs is 2. The van der Waals surface area contributed by atoms with Gasteiger partial charge in [-0.1, -0.05) is 30.3 Å². The molecular formula is C19H18N2OS2. The predicted molar refractivity (Wildman–Crippen MR) is 101 cm³/mol. The van der Waals surface area contributed by atoms with Gasteiger partial charge >= 0.3 is 0 Å². The Morgan fingerprint density at radius 2 is 2.00 bits per heavy atom. The molecule has 1 amide bonds. The number of hydrogen-bond donors (Lipinski definition) is 1. The van der Waals surface area contributed by atoms with Gasteiger partial charge in [-0.05, 0) is 30.2 Å². The highest BCUT2D eigenvalue weighted by molar-refractivity contribution is 7.99. The molecule has 5 heteroatoms. The van der Waals surface area contributed by atoms with Crippen LogP contribution in [0.1, 0.15) is 29.5 Å². The molecule has 3 aromatic rings. The van der Waals surface area contributed by atoms with Crippen LogP contribution in [0.3, 0.4) is 0 Å². The number of thiazole rings is 1. The average molecular weight is 355 g/mol. The number of para-hydroxylation sites is 1. The number of amides is 1. The molecular weight excluding hydrogens is 336 g/mol. The Labute approximate surface area is 149 Å². The summed E-state index contributed by atoms with van der Waals surface area (Å²) in [5.74, 6) is 1.17. The number of rotatable bonds is 4. The molecule has 0 spiro atoms. The number of carbonyl (C=O) groups is 1. The molecule has 0 aliphatic carbocycles. The third-order valence-electron chi connectivity index (χ3n) is 4.20. The molecule has 0 bridgehead atoms. The van der Waals surface area contributed by atoms with Gasteiger partial charge in [0.05, 0.1) is 21.3 Å². The Hall–Kier alpha value is -1.85. The van der Waals surface area contributed by atoms with Crippen molar-refractivity contribution in [1.29, 1.82) is 0 Å². The Balaban J connectivity index is 1.39. The minimum absolute atomic E-state index is 0.112. The quantitative estimate of drug-likeness (QED) is 0.745. The van der Waals surface area contributed by atoms with Gasteiger partial charge in [-0.2, -0.15) is 0 Å². The third-order valence-corrected chi connectivity index (χ3v) is 6.42. The van der Waals surface area contributed by atoms with Crippen LogP contribution in [0, 0.1) is 0 Å². The zero-order valence-corrected chi connectivity index (χ0v) is 14.8. The zero-order chi connectivity index (χ0) is 16.4. The predicted octanol–water partition coefficient (Wildman–Crippen LogP) is 4.58. The first kappa shape index (κ1) is 15.7. The largest absolute Gasteiger partial charge is 0.349 e. The van der Waals surface area contributed by atoms with Gasteiger partial charge < -0.3 is 5.32 Å². The smallest absolute Gasteiger partial charge is 0.220 e. The van der Waals surface area contributed by atoms with E-state index in [2.05, 4.69) is 34.6 Å². The fourth-order valence-corrected chi connectivity index (χ4v) is 5.10. The van der Waals surface area contributed by atoms with Crippen molar-refractivity contribution in [3.05, 3.63) is 59.1 Å². The summed E-state index contributed by atoms with van der Waals surface area (Å²) in [6.07, 6.45) is 2.19. The van der Waals surface area contributed by atoms with E-state index in [-0.39, 0.29) is 11.9 Å². The van der Waals surface area contributed by atoms with Crippen LogP contribution in [0.2, 0.25) is 0 Å². The number of carbonyl (C=O) groups excluding carboxylic acids is 1. The first-order valence-electron chi connectivity index (χ1n) is 8.15. The van der Waals surface area contributed by atoms with E-state index in [1.54, 1.807) is 11.3 Å². The molecule has 0 radical (unpaired) electrons. The lowest BCUT2D eigenvalue weighted by Gasteiger charge is -2.25. The molecule has 1 aliphatic heterocycles. The maximum atomic E-state index is 12.4. The lowest BCUT2D eigenvalue weighted by molar-refractivity contribution is -0.121. The van der Waals surface area contributed by atoms with Crippen molar-refractivity contribution in [2.24, 2.45) is 0 Å². The van der Waals surface area contributed by atoms with E-state index in [4.69, 9.17) is 0 Å².